The first kappa shape index (κ1) is 18.3. The molecule has 27 heavy (non-hydrogen) atoms. The number of ether oxygens (including phenoxy) is 2. The van der Waals surface area contributed by atoms with Gasteiger partial charge in [-0.1, -0.05) is 24.3 Å². The summed E-state index contributed by atoms with van der Waals surface area (Å²) in [5.74, 6) is -0.409. The van der Waals surface area contributed by atoms with Gasteiger partial charge in [0.15, 0.2) is 11.5 Å². The van der Waals surface area contributed by atoms with Crippen LogP contribution in [-0.2, 0) is 0 Å². The zero-order valence-corrected chi connectivity index (χ0v) is 14.8. The zero-order valence-electron chi connectivity index (χ0n) is 14.8. The standard InChI is InChI=1S/C22H18FNO3/c1-2-26-21-14-17(7-6-16-10-12-24-13-11-16)8-9-20(21)27-22(25)18-4-3-5-19(23)15-18/h3-15H,2H2,1H3/b7-6+. The Morgan fingerprint density at radius 1 is 1.00 bits per heavy atom. The summed E-state index contributed by atoms with van der Waals surface area (Å²) in [4.78, 5) is 16.2. The highest BCUT2D eigenvalue weighted by molar-refractivity contribution is 5.91. The zero-order chi connectivity index (χ0) is 19.1. The molecule has 0 unspecified atom stereocenters. The molecule has 0 N–H and O–H groups in total. The van der Waals surface area contributed by atoms with Crippen molar-refractivity contribution < 1.29 is 18.7 Å². The van der Waals surface area contributed by atoms with E-state index in [0.717, 1.165) is 17.2 Å². The fourth-order valence-corrected chi connectivity index (χ4v) is 2.42. The molecule has 0 atom stereocenters. The first-order chi connectivity index (χ1) is 13.2. The van der Waals surface area contributed by atoms with Crippen molar-refractivity contribution >= 4 is 18.1 Å². The molecule has 0 saturated heterocycles. The van der Waals surface area contributed by atoms with E-state index in [1.807, 2.05) is 37.3 Å². The number of esters is 1. The van der Waals surface area contributed by atoms with Crippen LogP contribution in [0, 0.1) is 5.82 Å². The molecule has 5 heteroatoms. The molecule has 0 fully saturated rings. The molecule has 2 aromatic carbocycles. The van der Waals surface area contributed by atoms with Gasteiger partial charge in [-0.2, -0.15) is 0 Å². The summed E-state index contributed by atoms with van der Waals surface area (Å²) < 4.78 is 24.3. The number of benzene rings is 2. The van der Waals surface area contributed by atoms with Gasteiger partial charge in [-0.05, 0) is 60.5 Å². The number of nitrogens with zero attached hydrogens (tertiary/aromatic N) is 1. The summed E-state index contributed by atoms with van der Waals surface area (Å²) in [6.07, 6.45) is 7.32. The van der Waals surface area contributed by atoms with Gasteiger partial charge in [-0.15, -0.1) is 0 Å². The van der Waals surface area contributed by atoms with Crippen molar-refractivity contribution in [2.24, 2.45) is 0 Å². The lowest BCUT2D eigenvalue weighted by Crippen LogP contribution is -2.10. The number of carbonyl (C=O) groups is 1. The van der Waals surface area contributed by atoms with E-state index in [2.05, 4.69) is 4.98 Å². The van der Waals surface area contributed by atoms with Gasteiger partial charge in [0.2, 0.25) is 0 Å². The second-order valence-electron chi connectivity index (χ2n) is 5.65. The average Bonchev–Trinajstić information content (AvgIpc) is 2.69. The van der Waals surface area contributed by atoms with E-state index in [0.29, 0.717) is 12.4 Å². The lowest BCUT2D eigenvalue weighted by atomic mass is 10.1. The summed E-state index contributed by atoms with van der Waals surface area (Å²) in [6, 6.07) is 14.4. The highest BCUT2D eigenvalue weighted by Gasteiger charge is 2.13. The third-order valence-corrected chi connectivity index (χ3v) is 3.70. The Labute approximate surface area is 156 Å². The molecule has 0 radical (unpaired) electrons. The van der Waals surface area contributed by atoms with Crippen LogP contribution in [0.15, 0.2) is 67.0 Å². The number of aromatic nitrogens is 1. The van der Waals surface area contributed by atoms with Crippen LogP contribution in [0.2, 0.25) is 0 Å². The number of hydrogen-bond acceptors (Lipinski definition) is 4. The summed E-state index contributed by atoms with van der Waals surface area (Å²) >= 11 is 0. The summed E-state index contributed by atoms with van der Waals surface area (Å²) in [5.41, 5.74) is 2.05. The molecule has 3 rings (SSSR count). The van der Waals surface area contributed by atoms with Gasteiger partial charge in [0, 0.05) is 12.4 Å². The number of rotatable bonds is 6. The highest BCUT2D eigenvalue weighted by Crippen LogP contribution is 2.30. The highest BCUT2D eigenvalue weighted by atomic mass is 19.1. The van der Waals surface area contributed by atoms with Gasteiger partial charge in [0.1, 0.15) is 5.82 Å². The molecule has 3 aromatic rings. The smallest absolute Gasteiger partial charge is 0.343 e. The maximum Gasteiger partial charge on any atom is 0.343 e. The van der Waals surface area contributed by atoms with Gasteiger partial charge in [-0.3, -0.25) is 4.98 Å². The normalized spacial score (nSPS) is 10.7. The van der Waals surface area contributed by atoms with Crippen LogP contribution in [0.5, 0.6) is 11.5 Å². The van der Waals surface area contributed by atoms with Gasteiger partial charge in [-0.25, -0.2) is 9.18 Å². The van der Waals surface area contributed by atoms with E-state index < -0.39 is 11.8 Å². The molecule has 1 aromatic heterocycles. The first-order valence-electron chi connectivity index (χ1n) is 8.48. The SMILES string of the molecule is CCOc1cc(/C=C/c2ccncc2)ccc1OC(=O)c1cccc(F)c1. The Bertz CT molecular complexity index is 955. The molecule has 0 amide bonds. The predicted molar refractivity (Wildman–Crippen MR) is 102 cm³/mol. The molecule has 136 valence electrons. The maximum atomic E-state index is 13.3. The molecule has 0 spiro atoms. The van der Waals surface area contributed by atoms with E-state index in [9.17, 15) is 9.18 Å². The van der Waals surface area contributed by atoms with Crippen molar-refractivity contribution in [1.82, 2.24) is 4.98 Å². The fraction of sp³-hybridized carbons (Fsp3) is 0.0909. The average molecular weight is 363 g/mol. The summed E-state index contributed by atoms with van der Waals surface area (Å²) in [5, 5.41) is 0. The van der Waals surface area contributed by atoms with Gasteiger partial charge >= 0.3 is 5.97 Å². The van der Waals surface area contributed by atoms with Crippen LogP contribution in [0.4, 0.5) is 4.39 Å². The molecule has 0 aliphatic carbocycles. The minimum atomic E-state index is -0.643. The first-order valence-corrected chi connectivity index (χ1v) is 8.48. The van der Waals surface area contributed by atoms with Crippen molar-refractivity contribution in [2.75, 3.05) is 6.61 Å². The van der Waals surface area contributed by atoms with E-state index in [1.54, 1.807) is 24.5 Å². The Hall–Kier alpha value is -3.47. The summed E-state index contributed by atoms with van der Waals surface area (Å²) in [6.45, 7) is 2.26. The summed E-state index contributed by atoms with van der Waals surface area (Å²) in [7, 11) is 0. The maximum absolute atomic E-state index is 13.3. The molecule has 0 aliphatic heterocycles. The van der Waals surface area contributed by atoms with Gasteiger partial charge < -0.3 is 9.47 Å². The van der Waals surface area contributed by atoms with Crippen LogP contribution in [-0.4, -0.2) is 17.6 Å². The molecule has 4 nitrogen and oxygen atoms in total. The van der Waals surface area contributed by atoms with E-state index >= 15 is 0 Å². The van der Waals surface area contributed by atoms with Crippen molar-refractivity contribution in [3.05, 3.63) is 89.5 Å². The van der Waals surface area contributed by atoms with E-state index in [-0.39, 0.29) is 11.3 Å². The third kappa shape index (κ3) is 5.01. The Balaban J connectivity index is 1.81. The molecule has 1 heterocycles. The second-order valence-corrected chi connectivity index (χ2v) is 5.65. The topological polar surface area (TPSA) is 48.4 Å². The Morgan fingerprint density at radius 3 is 2.52 bits per heavy atom. The number of carbonyl (C=O) groups excluding carboxylic acids is 1. The molecule has 0 saturated carbocycles. The monoisotopic (exact) mass is 363 g/mol. The second kappa shape index (κ2) is 8.76. The molecular formula is C22H18FNO3. The van der Waals surface area contributed by atoms with Crippen LogP contribution < -0.4 is 9.47 Å². The van der Waals surface area contributed by atoms with Gasteiger partial charge in [0.25, 0.3) is 0 Å². The number of hydrogen-bond donors (Lipinski definition) is 0. The van der Waals surface area contributed by atoms with E-state index in [4.69, 9.17) is 9.47 Å². The van der Waals surface area contributed by atoms with Crippen molar-refractivity contribution in [1.29, 1.82) is 0 Å². The fourth-order valence-electron chi connectivity index (χ4n) is 2.42. The lowest BCUT2D eigenvalue weighted by Gasteiger charge is -2.11. The predicted octanol–water partition coefficient (Wildman–Crippen LogP) is 5.01. The van der Waals surface area contributed by atoms with Crippen LogP contribution in [0.1, 0.15) is 28.4 Å². The third-order valence-electron chi connectivity index (χ3n) is 3.70. The van der Waals surface area contributed by atoms with Crippen LogP contribution >= 0.6 is 0 Å². The number of pyridine rings is 1. The Morgan fingerprint density at radius 2 is 1.78 bits per heavy atom. The number of halogens is 1. The molecule has 0 bridgehead atoms. The minimum Gasteiger partial charge on any atom is -0.490 e. The van der Waals surface area contributed by atoms with Crippen LogP contribution in [0.3, 0.4) is 0 Å². The quantitative estimate of drug-likeness (QED) is 0.456. The van der Waals surface area contributed by atoms with Crippen molar-refractivity contribution in [3.8, 4) is 11.5 Å². The van der Waals surface area contributed by atoms with Gasteiger partial charge in [0.05, 0.1) is 12.2 Å². The Kier molecular flexibility index (Phi) is 5.94. The molecular weight excluding hydrogens is 345 g/mol. The van der Waals surface area contributed by atoms with E-state index in [1.165, 1.54) is 18.2 Å². The largest absolute Gasteiger partial charge is 0.490 e. The minimum absolute atomic E-state index is 0.138. The lowest BCUT2D eigenvalue weighted by molar-refractivity contribution is 0.0728. The van der Waals surface area contributed by atoms with Crippen LogP contribution in [0.25, 0.3) is 12.2 Å². The van der Waals surface area contributed by atoms with Crippen molar-refractivity contribution in [3.63, 3.8) is 0 Å². The van der Waals surface area contributed by atoms with Crippen molar-refractivity contribution in [2.45, 2.75) is 6.92 Å². The molecule has 0 aliphatic rings.